The van der Waals surface area contributed by atoms with Gasteiger partial charge in [-0.15, -0.1) is 13.2 Å². The van der Waals surface area contributed by atoms with E-state index in [0.717, 1.165) is 0 Å². The van der Waals surface area contributed by atoms with Gasteiger partial charge in [0.25, 0.3) is 0 Å². The highest BCUT2D eigenvalue weighted by molar-refractivity contribution is 4.95. The fraction of sp³-hybridized carbons (Fsp3) is 0.333. The van der Waals surface area contributed by atoms with E-state index in [0.29, 0.717) is 0 Å². The van der Waals surface area contributed by atoms with Crippen LogP contribution in [0.4, 0.5) is 13.2 Å². The number of furan rings is 1. The molecule has 1 aromatic heterocycles. The van der Waals surface area contributed by atoms with Crippen LogP contribution in [0.25, 0.3) is 0 Å². The van der Waals surface area contributed by atoms with Gasteiger partial charge < -0.3 is 4.42 Å². The largest absolute Gasteiger partial charge is 0.522 e. The minimum absolute atomic E-state index is 0.155. The van der Waals surface area contributed by atoms with Gasteiger partial charge in [0, 0.05) is 0 Å². The molecule has 0 atom stereocenters. The van der Waals surface area contributed by atoms with Crippen molar-refractivity contribution in [2.24, 2.45) is 0 Å². The molecular formula is C6H5F3O2. The molecule has 11 heavy (non-hydrogen) atoms. The van der Waals surface area contributed by atoms with Crippen molar-refractivity contribution in [2.45, 2.75) is 13.0 Å². The number of hydrogen-bond donors (Lipinski definition) is 0. The fourth-order valence-electron chi connectivity index (χ4n) is 0.548. The van der Waals surface area contributed by atoms with Gasteiger partial charge in [0.15, 0.2) is 0 Å². The van der Waals surface area contributed by atoms with Gasteiger partial charge in [-0.25, -0.2) is 0 Å². The molecule has 0 aromatic carbocycles. The van der Waals surface area contributed by atoms with Crippen LogP contribution < -0.4 is 0 Å². The molecule has 0 aliphatic heterocycles. The summed E-state index contributed by atoms with van der Waals surface area (Å²) >= 11 is 0. The number of hydrogen-bond acceptors (Lipinski definition) is 2. The number of rotatable bonds is 2. The number of alkyl halides is 3. The summed E-state index contributed by atoms with van der Waals surface area (Å²) in [6.45, 7) is -0.573. The van der Waals surface area contributed by atoms with Gasteiger partial charge >= 0.3 is 6.36 Å². The molecule has 0 aliphatic carbocycles. The number of ether oxygens (including phenoxy) is 1. The Hall–Kier alpha value is -0.970. The summed E-state index contributed by atoms with van der Waals surface area (Å²) in [6.07, 6.45) is -3.30. The Bertz CT molecular complexity index is 202. The Morgan fingerprint density at radius 1 is 1.45 bits per heavy atom. The molecule has 0 unspecified atom stereocenters. The first kappa shape index (κ1) is 8.13. The first-order valence-electron chi connectivity index (χ1n) is 2.81. The second kappa shape index (κ2) is 2.96. The molecule has 0 radical (unpaired) electrons. The van der Waals surface area contributed by atoms with Crippen molar-refractivity contribution in [3.8, 4) is 0 Å². The highest BCUT2D eigenvalue weighted by atomic mass is 19.4. The molecule has 0 amide bonds. The van der Waals surface area contributed by atoms with E-state index in [-0.39, 0.29) is 5.76 Å². The van der Waals surface area contributed by atoms with E-state index >= 15 is 0 Å². The summed E-state index contributed by atoms with van der Waals surface area (Å²) in [7, 11) is 0. The average Bonchev–Trinajstić information content (AvgIpc) is 2.32. The van der Waals surface area contributed by atoms with Crippen molar-refractivity contribution in [1.82, 2.24) is 0 Å². The first-order chi connectivity index (χ1) is 5.08. The van der Waals surface area contributed by atoms with Crippen LogP contribution in [-0.4, -0.2) is 6.36 Å². The average molecular weight is 166 g/mol. The van der Waals surface area contributed by atoms with Crippen molar-refractivity contribution in [1.29, 1.82) is 0 Å². The van der Waals surface area contributed by atoms with Crippen molar-refractivity contribution in [3.63, 3.8) is 0 Å². The maximum Gasteiger partial charge on any atom is 0.522 e. The molecule has 0 saturated heterocycles. The molecule has 0 spiro atoms. The van der Waals surface area contributed by atoms with Crippen LogP contribution in [0.5, 0.6) is 0 Å². The Morgan fingerprint density at radius 2 is 2.18 bits per heavy atom. The van der Waals surface area contributed by atoms with Crippen LogP contribution in [-0.2, 0) is 11.3 Å². The molecule has 1 aromatic rings. The van der Waals surface area contributed by atoms with Crippen molar-refractivity contribution in [3.05, 3.63) is 24.2 Å². The Kier molecular flexibility index (Phi) is 2.19. The van der Waals surface area contributed by atoms with Gasteiger partial charge in [-0.3, -0.25) is 4.74 Å². The van der Waals surface area contributed by atoms with Gasteiger partial charge in [-0.05, 0) is 12.1 Å². The third-order valence-electron chi connectivity index (χ3n) is 0.958. The Morgan fingerprint density at radius 3 is 2.64 bits per heavy atom. The van der Waals surface area contributed by atoms with Gasteiger partial charge in [-0.1, -0.05) is 0 Å². The van der Waals surface area contributed by atoms with Gasteiger partial charge in [-0.2, -0.15) is 0 Å². The lowest BCUT2D eigenvalue weighted by Crippen LogP contribution is -2.12. The molecule has 62 valence electrons. The summed E-state index contributed by atoms with van der Waals surface area (Å²) in [5.41, 5.74) is 0. The molecule has 0 fully saturated rings. The zero-order valence-corrected chi connectivity index (χ0v) is 5.39. The van der Waals surface area contributed by atoms with Crippen LogP contribution in [0.2, 0.25) is 0 Å². The third kappa shape index (κ3) is 3.08. The fourth-order valence-corrected chi connectivity index (χ4v) is 0.548. The van der Waals surface area contributed by atoms with Crippen molar-refractivity contribution < 1.29 is 22.3 Å². The van der Waals surface area contributed by atoms with Crippen LogP contribution in [0.3, 0.4) is 0 Å². The van der Waals surface area contributed by atoms with Gasteiger partial charge in [0.1, 0.15) is 12.4 Å². The molecule has 5 heteroatoms. The molecular weight excluding hydrogens is 161 g/mol. The summed E-state index contributed by atoms with van der Waals surface area (Å²) in [6, 6.07) is 2.90. The summed E-state index contributed by atoms with van der Waals surface area (Å²) in [4.78, 5) is 0. The van der Waals surface area contributed by atoms with Crippen molar-refractivity contribution in [2.75, 3.05) is 0 Å². The normalized spacial score (nSPS) is 11.9. The van der Waals surface area contributed by atoms with Gasteiger partial charge in [0.05, 0.1) is 6.26 Å². The van der Waals surface area contributed by atoms with E-state index in [1.54, 1.807) is 0 Å². The predicted molar refractivity (Wildman–Crippen MR) is 29.6 cm³/mol. The quantitative estimate of drug-likeness (QED) is 0.672. The van der Waals surface area contributed by atoms with E-state index < -0.39 is 13.0 Å². The summed E-state index contributed by atoms with van der Waals surface area (Å²) in [5, 5.41) is 0. The van der Waals surface area contributed by atoms with E-state index in [2.05, 4.69) is 9.15 Å². The summed E-state index contributed by atoms with van der Waals surface area (Å²) in [5.74, 6) is 0.155. The molecule has 0 N–H and O–H groups in total. The highest BCUT2D eigenvalue weighted by Crippen LogP contribution is 2.18. The molecule has 1 rings (SSSR count). The minimum Gasteiger partial charge on any atom is -0.467 e. The number of halogens is 3. The smallest absolute Gasteiger partial charge is 0.467 e. The third-order valence-corrected chi connectivity index (χ3v) is 0.958. The maximum absolute atomic E-state index is 11.4. The lowest BCUT2D eigenvalue weighted by atomic mass is 10.5. The second-order valence-corrected chi connectivity index (χ2v) is 1.81. The zero-order chi connectivity index (χ0) is 8.32. The Balaban J connectivity index is 2.35. The van der Waals surface area contributed by atoms with E-state index in [1.807, 2.05) is 0 Å². The zero-order valence-electron chi connectivity index (χ0n) is 5.39. The maximum atomic E-state index is 11.4. The molecule has 2 nitrogen and oxygen atoms in total. The monoisotopic (exact) mass is 166 g/mol. The standard InChI is InChI=1S/C6H5F3O2/c7-6(8,9)11-4-5-2-1-3-10-5/h1-3H,4H2. The van der Waals surface area contributed by atoms with Crippen LogP contribution >= 0.6 is 0 Å². The topological polar surface area (TPSA) is 22.4 Å². The SMILES string of the molecule is FC(F)(F)OCc1ccco1. The van der Waals surface area contributed by atoms with Gasteiger partial charge in [0.2, 0.25) is 0 Å². The highest BCUT2D eigenvalue weighted by Gasteiger charge is 2.29. The summed E-state index contributed by atoms with van der Waals surface area (Å²) < 4.78 is 42.2. The lowest BCUT2D eigenvalue weighted by molar-refractivity contribution is -0.331. The second-order valence-electron chi connectivity index (χ2n) is 1.81. The predicted octanol–water partition coefficient (Wildman–Crippen LogP) is 2.32. The molecule has 0 aliphatic rings. The van der Waals surface area contributed by atoms with E-state index in [4.69, 9.17) is 0 Å². The Labute approximate surface area is 60.6 Å². The molecule has 0 bridgehead atoms. The lowest BCUT2D eigenvalue weighted by Gasteiger charge is -2.04. The first-order valence-corrected chi connectivity index (χ1v) is 2.81. The van der Waals surface area contributed by atoms with Crippen molar-refractivity contribution >= 4 is 0 Å². The van der Waals surface area contributed by atoms with Crippen LogP contribution in [0.15, 0.2) is 22.8 Å². The van der Waals surface area contributed by atoms with E-state index in [9.17, 15) is 13.2 Å². The van der Waals surface area contributed by atoms with Crippen LogP contribution in [0.1, 0.15) is 5.76 Å². The molecule has 1 heterocycles. The van der Waals surface area contributed by atoms with E-state index in [1.165, 1.54) is 18.4 Å². The van der Waals surface area contributed by atoms with Crippen LogP contribution in [0, 0.1) is 0 Å². The molecule has 0 saturated carbocycles. The minimum atomic E-state index is -4.59.